The highest BCUT2D eigenvalue weighted by Crippen LogP contribution is 2.42. The molecule has 2 heterocycles. The molecule has 0 unspecified atom stereocenters. The van der Waals surface area contributed by atoms with E-state index < -0.39 is 0 Å². The molecule has 0 saturated carbocycles. The number of benzene rings is 4. The van der Waals surface area contributed by atoms with Gasteiger partial charge in [-0.2, -0.15) is 15.6 Å². The molecule has 0 spiro atoms. The third-order valence-corrected chi connectivity index (χ3v) is 7.25. The standard InChI is InChI=1S/C32H17BrClN5/c33-24-14-10-22(11-15-24)30-27(19-36)28(21-8-6-20(18-35)7-9-21)29-31(23-12-16-25(34)17-13-23)38-39(32(29)37-30)26-4-2-1-3-5-26/h1-17H. The van der Waals surface area contributed by atoms with E-state index in [9.17, 15) is 10.5 Å². The molecule has 0 fully saturated rings. The molecule has 5 nitrogen and oxygen atoms in total. The Labute approximate surface area is 238 Å². The van der Waals surface area contributed by atoms with E-state index in [4.69, 9.17) is 21.7 Å². The van der Waals surface area contributed by atoms with Crippen LogP contribution >= 0.6 is 27.5 Å². The first-order valence-corrected chi connectivity index (χ1v) is 13.2. The molecule has 0 amide bonds. The van der Waals surface area contributed by atoms with Crippen LogP contribution in [0.15, 0.2) is 108 Å². The van der Waals surface area contributed by atoms with Gasteiger partial charge in [0, 0.05) is 26.2 Å². The van der Waals surface area contributed by atoms with Crippen molar-refractivity contribution in [3.05, 3.63) is 124 Å². The molecule has 4 aromatic carbocycles. The average Bonchev–Trinajstić information content (AvgIpc) is 3.37. The fraction of sp³-hybridized carbons (Fsp3) is 0. The smallest absolute Gasteiger partial charge is 0.164 e. The predicted molar refractivity (Wildman–Crippen MR) is 157 cm³/mol. The van der Waals surface area contributed by atoms with E-state index in [1.165, 1.54) is 0 Å². The third-order valence-electron chi connectivity index (χ3n) is 6.47. The minimum absolute atomic E-state index is 0.428. The Morgan fingerprint density at radius 1 is 0.692 bits per heavy atom. The van der Waals surface area contributed by atoms with Gasteiger partial charge in [0.25, 0.3) is 0 Å². The van der Waals surface area contributed by atoms with Crippen LogP contribution < -0.4 is 0 Å². The van der Waals surface area contributed by atoms with Gasteiger partial charge in [-0.3, -0.25) is 0 Å². The van der Waals surface area contributed by atoms with E-state index in [-0.39, 0.29) is 0 Å². The zero-order valence-electron chi connectivity index (χ0n) is 20.3. The summed E-state index contributed by atoms with van der Waals surface area (Å²) in [7, 11) is 0. The molecule has 6 rings (SSSR count). The van der Waals surface area contributed by atoms with Crippen LogP contribution in [-0.4, -0.2) is 14.8 Å². The van der Waals surface area contributed by atoms with Crippen molar-refractivity contribution in [1.29, 1.82) is 10.5 Å². The maximum absolute atomic E-state index is 10.6. The Bertz CT molecular complexity index is 1910. The van der Waals surface area contributed by atoms with E-state index in [1.54, 1.807) is 12.1 Å². The molecule has 0 aliphatic heterocycles. The normalized spacial score (nSPS) is 10.8. The summed E-state index contributed by atoms with van der Waals surface area (Å²) in [4.78, 5) is 5.09. The second kappa shape index (κ2) is 10.2. The van der Waals surface area contributed by atoms with Gasteiger partial charge in [-0.15, -0.1) is 0 Å². The second-order valence-corrected chi connectivity index (χ2v) is 10.2. The van der Waals surface area contributed by atoms with E-state index >= 15 is 0 Å². The molecule has 0 aliphatic carbocycles. The summed E-state index contributed by atoms with van der Waals surface area (Å²) in [5, 5.41) is 26.4. The lowest BCUT2D eigenvalue weighted by Gasteiger charge is -2.13. The van der Waals surface area contributed by atoms with Crippen LogP contribution in [0.2, 0.25) is 5.02 Å². The van der Waals surface area contributed by atoms with Gasteiger partial charge in [0.05, 0.1) is 34.0 Å². The van der Waals surface area contributed by atoms with Crippen LogP contribution in [-0.2, 0) is 0 Å². The molecular formula is C32H17BrClN5. The number of nitrogens with zero attached hydrogens (tertiary/aromatic N) is 5. The maximum atomic E-state index is 10.6. The Kier molecular flexibility index (Phi) is 6.42. The predicted octanol–water partition coefficient (Wildman–Crippen LogP) is 8.58. The van der Waals surface area contributed by atoms with E-state index in [1.807, 2.05) is 95.7 Å². The summed E-state index contributed by atoms with van der Waals surface area (Å²) in [6, 6.07) is 36.8. The van der Waals surface area contributed by atoms with Crippen molar-refractivity contribution in [2.45, 2.75) is 0 Å². The quantitative estimate of drug-likeness (QED) is 0.207. The molecule has 39 heavy (non-hydrogen) atoms. The minimum Gasteiger partial charge on any atom is -0.226 e. The van der Waals surface area contributed by atoms with Crippen LogP contribution in [0.25, 0.3) is 50.4 Å². The van der Waals surface area contributed by atoms with Gasteiger partial charge >= 0.3 is 0 Å². The van der Waals surface area contributed by atoms with E-state index in [2.05, 4.69) is 28.1 Å². The van der Waals surface area contributed by atoms with Crippen LogP contribution in [0.3, 0.4) is 0 Å². The van der Waals surface area contributed by atoms with Crippen molar-refractivity contribution in [2.75, 3.05) is 0 Å². The fourth-order valence-electron chi connectivity index (χ4n) is 4.63. The van der Waals surface area contributed by atoms with Crippen LogP contribution in [0, 0.1) is 22.7 Å². The van der Waals surface area contributed by atoms with Gasteiger partial charge in [-0.25, -0.2) is 9.67 Å². The lowest BCUT2D eigenvalue weighted by Crippen LogP contribution is -2.01. The van der Waals surface area contributed by atoms with Gasteiger partial charge in [0.2, 0.25) is 0 Å². The zero-order valence-corrected chi connectivity index (χ0v) is 22.6. The Morgan fingerprint density at radius 3 is 1.95 bits per heavy atom. The number of aromatic nitrogens is 3. The maximum Gasteiger partial charge on any atom is 0.164 e. The van der Waals surface area contributed by atoms with Crippen molar-refractivity contribution >= 4 is 38.6 Å². The van der Waals surface area contributed by atoms with Gasteiger partial charge in [-0.1, -0.05) is 82.1 Å². The van der Waals surface area contributed by atoms with Crippen LogP contribution in [0.1, 0.15) is 11.1 Å². The number of halogens is 2. The number of hydrogen-bond acceptors (Lipinski definition) is 4. The van der Waals surface area contributed by atoms with Crippen molar-refractivity contribution < 1.29 is 0 Å². The first-order valence-electron chi connectivity index (χ1n) is 12.0. The highest BCUT2D eigenvalue weighted by molar-refractivity contribution is 9.10. The molecule has 2 aromatic heterocycles. The lowest BCUT2D eigenvalue weighted by molar-refractivity contribution is 0.901. The monoisotopic (exact) mass is 585 g/mol. The molecule has 0 aliphatic rings. The number of para-hydroxylation sites is 1. The molecule has 0 N–H and O–H groups in total. The van der Waals surface area contributed by atoms with Gasteiger partial charge in [0.15, 0.2) is 5.65 Å². The van der Waals surface area contributed by atoms with Gasteiger partial charge in [0.1, 0.15) is 11.8 Å². The molecule has 0 saturated heterocycles. The Balaban J connectivity index is 1.80. The lowest BCUT2D eigenvalue weighted by atomic mass is 9.91. The van der Waals surface area contributed by atoms with Crippen molar-refractivity contribution in [3.8, 4) is 51.5 Å². The first kappa shape index (κ1) is 24.6. The number of fused-ring (bicyclic) bond motifs is 1. The topological polar surface area (TPSA) is 78.3 Å². The second-order valence-electron chi connectivity index (χ2n) is 8.82. The SMILES string of the molecule is N#Cc1ccc(-c2c(C#N)c(-c3ccc(Br)cc3)nc3c2c(-c2ccc(Cl)cc2)nn3-c2ccccc2)cc1. The molecule has 0 radical (unpaired) electrons. The zero-order chi connectivity index (χ0) is 26.9. The Morgan fingerprint density at radius 2 is 1.31 bits per heavy atom. The number of rotatable bonds is 4. The summed E-state index contributed by atoms with van der Waals surface area (Å²) in [6.45, 7) is 0. The number of nitriles is 2. The first-order chi connectivity index (χ1) is 19.1. The summed E-state index contributed by atoms with van der Waals surface area (Å²) in [5.74, 6) is 0. The number of pyridine rings is 1. The van der Waals surface area contributed by atoms with E-state index in [0.29, 0.717) is 38.7 Å². The third kappa shape index (κ3) is 4.47. The largest absolute Gasteiger partial charge is 0.226 e. The summed E-state index contributed by atoms with van der Waals surface area (Å²) < 4.78 is 2.74. The summed E-state index contributed by atoms with van der Waals surface area (Å²) in [5.41, 5.74) is 6.79. The summed E-state index contributed by atoms with van der Waals surface area (Å²) in [6.07, 6.45) is 0. The highest BCUT2D eigenvalue weighted by Gasteiger charge is 2.25. The summed E-state index contributed by atoms with van der Waals surface area (Å²) >= 11 is 9.71. The minimum atomic E-state index is 0.428. The van der Waals surface area contributed by atoms with E-state index in [0.717, 1.165) is 32.2 Å². The molecule has 0 atom stereocenters. The number of hydrogen-bond donors (Lipinski definition) is 0. The van der Waals surface area contributed by atoms with Crippen molar-refractivity contribution in [3.63, 3.8) is 0 Å². The van der Waals surface area contributed by atoms with Crippen LogP contribution in [0.4, 0.5) is 0 Å². The Hall–Kier alpha value is -4.75. The molecule has 6 aromatic rings. The molecule has 7 heteroatoms. The molecule has 184 valence electrons. The van der Waals surface area contributed by atoms with Gasteiger partial charge < -0.3 is 0 Å². The average molecular weight is 587 g/mol. The molecular weight excluding hydrogens is 570 g/mol. The van der Waals surface area contributed by atoms with Gasteiger partial charge in [-0.05, 0) is 54.1 Å². The van der Waals surface area contributed by atoms with Crippen LogP contribution in [0.5, 0.6) is 0 Å². The fourth-order valence-corrected chi connectivity index (χ4v) is 5.02. The highest BCUT2D eigenvalue weighted by atomic mass is 79.9. The van der Waals surface area contributed by atoms with Crippen molar-refractivity contribution in [1.82, 2.24) is 14.8 Å². The van der Waals surface area contributed by atoms with Crippen molar-refractivity contribution in [2.24, 2.45) is 0 Å². The molecule has 0 bridgehead atoms.